The van der Waals surface area contributed by atoms with Crippen molar-refractivity contribution in [3.8, 4) is 6.07 Å². The van der Waals surface area contributed by atoms with Crippen LogP contribution in [0.3, 0.4) is 0 Å². The third-order valence-corrected chi connectivity index (χ3v) is 3.32. The monoisotopic (exact) mass is 258 g/mol. The second kappa shape index (κ2) is 4.96. The summed E-state index contributed by atoms with van der Waals surface area (Å²) in [5.41, 5.74) is 3.91. The molecule has 1 rings (SSSR count). The highest BCUT2D eigenvalue weighted by Gasteiger charge is 2.27. The van der Waals surface area contributed by atoms with E-state index in [1.54, 1.807) is 0 Å². The molecule has 2 nitrogen and oxygen atoms in total. The van der Waals surface area contributed by atoms with Crippen LogP contribution in [-0.4, -0.2) is 4.98 Å². The molecule has 0 aromatic carbocycles. The summed E-state index contributed by atoms with van der Waals surface area (Å²) in [5.74, 6) is 0.329. The summed E-state index contributed by atoms with van der Waals surface area (Å²) in [6.07, 6.45) is 0. The maximum atomic E-state index is 9.37. The number of pyridine rings is 1. The molecule has 0 saturated heterocycles. The first-order valence-corrected chi connectivity index (χ1v) is 6.94. The van der Waals surface area contributed by atoms with Crippen LogP contribution in [0.2, 0.25) is 0 Å². The Hall–Kier alpha value is -1.36. The Morgan fingerprint density at radius 1 is 1.00 bits per heavy atom. The molecule has 19 heavy (non-hydrogen) atoms. The number of nitrogens with zero attached hydrogens (tertiary/aromatic N) is 2. The minimum Gasteiger partial charge on any atom is -0.241 e. The Morgan fingerprint density at radius 2 is 1.47 bits per heavy atom. The van der Waals surface area contributed by atoms with Crippen molar-refractivity contribution in [2.75, 3.05) is 0 Å². The van der Waals surface area contributed by atoms with Crippen molar-refractivity contribution < 1.29 is 0 Å². The maximum absolute atomic E-state index is 9.37. The Morgan fingerprint density at radius 3 is 1.79 bits per heavy atom. The molecule has 2 heteroatoms. The molecule has 104 valence electrons. The zero-order valence-corrected chi connectivity index (χ0v) is 13.5. The van der Waals surface area contributed by atoms with Gasteiger partial charge in [-0.1, -0.05) is 61.5 Å². The fourth-order valence-electron chi connectivity index (χ4n) is 2.23. The van der Waals surface area contributed by atoms with Gasteiger partial charge in [0.15, 0.2) is 0 Å². The van der Waals surface area contributed by atoms with Crippen LogP contribution < -0.4 is 0 Å². The highest BCUT2D eigenvalue weighted by Crippen LogP contribution is 2.34. The molecule has 0 N–H and O–H groups in total. The van der Waals surface area contributed by atoms with Gasteiger partial charge < -0.3 is 0 Å². The van der Waals surface area contributed by atoms with E-state index in [4.69, 9.17) is 0 Å². The molecule has 1 aromatic heterocycles. The van der Waals surface area contributed by atoms with E-state index in [-0.39, 0.29) is 10.8 Å². The Balaban J connectivity index is 3.69. The quantitative estimate of drug-likeness (QED) is 0.734. The Bertz CT molecular complexity index is 506. The number of aromatic nitrogens is 1. The molecule has 0 amide bonds. The van der Waals surface area contributed by atoms with Crippen molar-refractivity contribution in [1.82, 2.24) is 4.98 Å². The van der Waals surface area contributed by atoms with Gasteiger partial charge in [-0.3, -0.25) is 0 Å². The van der Waals surface area contributed by atoms with Crippen LogP contribution in [0.5, 0.6) is 0 Å². The lowest BCUT2D eigenvalue weighted by atomic mass is 9.78. The SMILES string of the molecule is CC(C)c1nc(C#N)c(C(C)(C)C)cc1C(C)(C)C. The predicted molar refractivity (Wildman–Crippen MR) is 80.4 cm³/mol. The molecule has 0 saturated carbocycles. The Kier molecular flexibility index (Phi) is 4.10. The molecule has 0 atom stereocenters. The maximum Gasteiger partial charge on any atom is 0.144 e. The van der Waals surface area contributed by atoms with Crippen molar-refractivity contribution in [2.45, 2.75) is 72.1 Å². The van der Waals surface area contributed by atoms with Crippen LogP contribution in [0.15, 0.2) is 6.07 Å². The molecule has 0 fully saturated rings. The lowest BCUT2D eigenvalue weighted by Gasteiger charge is -2.28. The van der Waals surface area contributed by atoms with E-state index in [0.717, 1.165) is 11.3 Å². The number of hydrogen-bond acceptors (Lipinski definition) is 2. The van der Waals surface area contributed by atoms with E-state index in [9.17, 15) is 5.26 Å². The summed E-state index contributed by atoms with van der Waals surface area (Å²) in [4.78, 5) is 4.66. The molecule has 0 aliphatic heterocycles. The van der Waals surface area contributed by atoms with E-state index in [1.807, 2.05) is 0 Å². The molecule has 0 aliphatic rings. The van der Waals surface area contributed by atoms with Gasteiger partial charge in [-0.05, 0) is 27.9 Å². The van der Waals surface area contributed by atoms with Crippen molar-refractivity contribution >= 4 is 0 Å². The van der Waals surface area contributed by atoms with Crippen LogP contribution in [0.25, 0.3) is 0 Å². The molecule has 0 radical (unpaired) electrons. The van der Waals surface area contributed by atoms with Gasteiger partial charge in [0.1, 0.15) is 11.8 Å². The van der Waals surface area contributed by atoms with Crippen molar-refractivity contribution in [1.29, 1.82) is 5.26 Å². The minimum absolute atomic E-state index is 0.0423. The molecule has 0 bridgehead atoms. The van der Waals surface area contributed by atoms with Crippen molar-refractivity contribution in [3.63, 3.8) is 0 Å². The first-order chi connectivity index (χ1) is 8.48. The van der Waals surface area contributed by atoms with Crippen LogP contribution >= 0.6 is 0 Å². The van der Waals surface area contributed by atoms with Gasteiger partial charge in [-0.25, -0.2) is 4.98 Å². The third kappa shape index (κ3) is 3.35. The van der Waals surface area contributed by atoms with E-state index < -0.39 is 0 Å². The van der Waals surface area contributed by atoms with E-state index >= 15 is 0 Å². The highest BCUT2D eigenvalue weighted by atomic mass is 14.7. The molecule has 0 aliphatic carbocycles. The molecular weight excluding hydrogens is 232 g/mol. The summed E-state index contributed by atoms with van der Waals surface area (Å²) in [6, 6.07) is 4.46. The van der Waals surface area contributed by atoms with Crippen LogP contribution in [-0.2, 0) is 10.8 Å². The first kappa shape index (κ1) is 15.7. The van der Waals surface area contributed by atoms with Crippen LogP contribution in [0.1, 0.15) is 83.8 Å². The smallest absolute Gasteiger partial charge is 0.144 e. The van der Waals surface area contributed by atoms with Gasteiger partial charge in [0.2, 0.25) is 0 Å². The third-order valence-electron chi connectivity index (χ3n) is 3.32. The minimum atomic E-state index is -0.0619. The fraction of sp³-hybridized carbons (Fsp3) is 0.647. The number of nitriles is 1. The molecule has 0 unspecified atom stereocenters. The Labute approximate surface area is 117 Å². The van der Waals surface area contributed by atoms with E-state index in [1.165, 1.54) is 5.56 Å². The van der Waals surface area contributed by atoms with Gasteiger partial charge in [-0.2, -0.15) is 5.26 Å². The molecule has 1 aromatic rings. The standard InChI is InChI=1S/C17H26N2/c1-11(2)15-13(17(6,7)8)9-12(16(3,4)5)14(10-18)19-15/h9,11H,1-8H3. The van der Waals surface area contributed by atoms with Gasteiger partial charge in [0, 0.05) is 5.69 Å². The lowest BCUT2D eigenvalue weighted by Crippen LogP contribution is -2.22. The van der Waals surface area contributed by atoms with E-state index in [0.29, 0.717) is 11.6 Å². The van der Waals surface area contributed by atoms with Crippen LogP contribution in [0.4, 0.5) is 0 Å². The summed E-state index contributed by atoms with van der Waals surface area (Å²) in [7, 11) is 0. The van der Waals surface area contributed by atoms with Gasteiger partial charge >= 0.3 is 0 Å². The second-order valence-electron chi connectivity index (χ2n) is 7.58. The summed E-state index contributed by atoms with van der Waals surface area (Å²) in [5, 5.41) is 9.37. The molecule has 0 spiro atoms. The number of rotatable bonds is 1. The van der Waals surface area contributed by atoms with Crippen molar-refractivity contribution in [3.05, 3.63) is 28.6 Å². The molecule has 1 heterocycles. The zero-order chi connectivity index (χ0) is 15.0. The highest BCUT2D eigenvalue weighted by molar-refractivity contribution is 5.44. The van der Waals surface area contributed by atoms with Gasteiger partial charge in [0.05, 0.1) is 0 Å². The molecular formula is C17H26N2. The van der Waals surface area contributed by atoms with Gasteiger partial charge in [0.25, 0.3) is 0 Å². The first-order valence-electron chi connectivity index (χ1n) is 6.94. The predicted octanol–water partition coefficient (Wildman–Crippen LogP) is 4.67. The van der Waals surface area contributed by atoms with E-state index in [2.05, 4.69) is 72.5 Å². The normalized spacial score (nSPS) is 12.6. The average molecular weight is 258 g/mol. The summed E-state index contributed by atoms with van der Waals surface area (Å²) in [6.45, 7) is 17.3. The fourth-order valence-corrected chi connectivity index (χ4v) is 2.23. The summed E-state index contributed by atoms with van der Waals surface area (Å²) < 4.78 is 0. The van der Waals surface area contributed by atoms with Gasteiger partial charge in [-0.15, -0.1) is 0 Å². The largest absolute Gasteiger partial charge is 0.241 e. The number of hydrogen-bond donors (Lipinski definition) is 0. The zero-order valence-electron chi connectivity index (χ0n) is 13.5. The average Bonchev–Trinajstić information content (AvgIpc) is 2.24. The summed E-state index contributed by atoms with van der Waals surface area (Å²) >= 11 is 0. The second-order valence-corrected chi connectivity index (χ2v) is 7.58. The topological polar surface area (TPSA) is 36.7 Å². The lowest BCUT2D eigenvalue weighted by molar-refractivity contribution is 0.549. The van der Waals surface area contributed by atoms with Crippen LogP contribution in [0, 0.1) is 11.3 Å². The van der Waals surface area contributed by atoms with Crippen molar-refractivity contribution in [2.24, 2.45) is 0 Å².